The second kappa shape index (κ2) is 3.79. The first kappa shape index (κ1) is 10.4. The molecule has 1 aromatic carbocycles. The molecule has 0 unspecified atom stereocenters. The molecule has 0 fully saturated rings. The molecule has 2 N–H and O–H groups in total. The third kappa shape index (κ3) is 1.70. The Labute approximate surface area is 99.1 Å². The van der Waals surface area contributed by atoms with Crippen molar-refractivity contribution in [3.63, 3.8) is 0 Å². The van der Waals surface area contributed by atoms with Crippen molar-refractivity contribution in [3.8, 4) is 5.69 Å². The van der Waals surface area contributed by atoms with Crippen LogP contribution in [0.2, 0.25) is 0 Å². The molecule has 0 radical (unpaired) electrons. The highest BCUT2D eigenvalue weighted by molar-refractivity contribution is 9.10. The number of hydrogen-bond acceptors (Lipinski definition) is 2. The predicted molar refractivity (Wildman–Crippen MR) is 64.0 cm³/mol. The molecule has 0 aliphatic rings. The molecule has 0 bridgehead atoms. The van der Waals surface area contributed by atoms with E-state index in [0.29, 0.717) is 4.77 Å². The molecule has 2 rings (SSSR count). The number of aryl methyl sites for hydroxylation is 1. The molecule has 2 aromatic rings. The molecule has 4 nitrogen and oxygen atoms in total. The van der Waals surface area contributed by atoms with Crippen molar-refractivity contribution < 1.29 is 0 Å². The van der Waals surface area contributed by atoms with Gasteiger partial charge in [-0.3, -0.25) is 5.10 Å². The molecule has 6 heteroatoms. The van der Waals surface area contributed by atoms with Crippen molar-refractivity contribution in [3.05, 3.63) is 43.5 Å². The Balaban J connectivity index is 2.81. The number of halogens is 1. The van der Waals surface area contributed by atoms with E-state index in [1.165, 1.54) is 4.57 Å². The van der Waals surface area contributed by atoms with Crippen molar-refractivity contribution in [2.75, 3.05) is 0 Å². The van der Waals surface area contributed by atoms with E-state index in [1.807, 2.05) is 25.1 Å². The maximum absolute atomic E-state index is 11.5. The van der Waals surface area contributed by atoms with E-state index in [1.54, 1.807) is 0 Å². The minimum atomic E-state index is -0.272. The lowest BCUT2D eigenvalue weighted by molar-refractivity contribution is 0.967. The molecule has 0 aliphatic heterocycles. The minimum absolute atomic E-state index is 0.272. The van der Waals surface area contributed by atoms with Gasteiger partial charge in [0.05, 0.1) is 5.69 Å². The Bertz CT molecular complexity index is 583. The van der Waals surface area contributed by atoms with Crippen LogP contribution in [-0.2, 0) is 0 Å². The first-order chi connectivity index (χ1) is 7.11. The maximum atomic E-state index is 11.5. The molecule has 1 aromatic heterocycles. The summed E-state index contributed by atoms with van der Waals surface area (Å²) in [5.74, 6) is 0. The average Bonchev–Trinajstić information content (AvgIpc) is 2.52. The zero-order valence-corrected chi connectivity index (χ0v) is 10.3. The smallest absolute Gasteiger partial charge is 0.272 e. The second-order valence-corrected chi connectivity index (χ2v) is 4.28. The quantitative estimate of drug-likeness (QED) is 0.790. The summed E-state index contributed by atoms with van der Waals surface area (Å²) in [6, 6.07) is 5.66. The average molecular weight is 286 g/mol. The standard InChI is InChI=1S/C9H8BrN3OS/c1-5-3-2-4-6(7(5)10)13-8(14)11-12-9(13)15/h2-4H,1H3,(H,11,14)(H,12,15). The summed E-state index contributed by atoms with van der Waals surface area (Å²) in [5, 5.41) is 5.04. The summed E-state index contributed by atoms with van der Waals surface area (Å²) in [5.41, 5.74) is 1.52. The Kier molecular flexibility index (Phi) is 2.62. The first-order valence-corrected chi connectivity index (χ1v) is 5.46. The highest BCUT2D eigenvalue weighted by atomic mass is 79.9. The Hall–Kier alpha value is -1.14. The van der Waals surface area contributed by atoms with Gasteiger partial charge in [0.15, 0.2) is 0 Å². The zero-order chi connectivity index (χ0) is 11.0. The minimum Gasteiger partial charge on any atom is -0.272 e. The van der Waals surface area contributed by atoms with Crippen molar-refractivity contribution in [1.29, 1.82) is 0 Å². The molecule has 1 heterocycles. The lowest BCUT2D eigenvalue weighted by Crippen LogP contribution is -2.15. The van der Waals surface area contributed by atoms with Gasteiger partial charge in [-0.15, -0.1) is 0 Å². The number of benzene rings is 1. The van der Waals surface area contributed by atoms with Crippen LogP contribution in [0.1, 0.15) is 5.56 Å². The molecule has 0 saturated heterocycles. The van der Waals surface area contributed by atoms with Gasteiger partial charge in [-0.1, -0.05) is 12.1 Å². The first-order valence-electron chi connectivity index (χ1n) is 4.26. The van der Waals surface area contributed by atoms with Gasteiger partial charge in [-0.05, 0) is 46.7 Å². The number of rotatable bonds is 1. The van der Waals surface area contributed by atoms with E-state index in [2.05, 4.69) is 26.1 Å². The third-order valence-electron chi connectivity index (χ3n) is 2.09. The molecule has 15 heavy (non-hydrogen) atoms. The molecule has 0 atom stereocenters. The highest BCUT2D eigenvalue weighted by Crippen LogP contribution is 2.23. The molecule has 0 saturated carbocycles. The normalized spacial score (nSPS) is 10.5. The fourth-order valence-corrected chi connectivity index (χ4v) is 2.01. The van der Waals surface area contributed by atoms with E-state index in [-0.39, 0.29) is 5.69 Å². The van der Waals surface area contributed by atoms with E-state index >= 15 is 0 Å². The molecule has 0 aliphatic carbocycles. The van der Waals surface area contributed by atoms with Gasteiger partial charge in [-0.2, -0.15) is 0 Å². The van der Waals surface area contributed by atoms with Gasteiger partial charge in [0.2, 0.25) is 4.77 Å². The molecule has 0 amide bonds. The SMILES string of the molecule is Cc1cccc(-n2c(=O)[nH][nH]c2=S)c1Br. The number of nitrogens with one attached hydrogen (secondary N) is 2. The van der Waals surface area contributed by atoms with Crippen molar-refractivity contribution >= 4 is 28.1 Å². The predicted octanol–water partition coefficient (Wildman–Crippen LogP) is 2.29. The summed E-state index contributed by atoms with van der Waals surface area (Å²) in [4.78, 5) is 11.5. The third-order valence-corrected chi connectivity index (χ3v) is 3.41. The van der Waals surface area contributed by atoms with Crippen LogP contribution in [0.3, 0.4) is 0 Å². The van der Waals surface area contributed by atoms with Crippen molar-refractivity contribution in [2.24, 2.45) is 0 Å². The van der Waals surface area contributed by atoms with Gasteiger partial charge in [0, 0.05) is 4.47 Å². The number of aromatic nitrogens is 3. The van der Waals surface area contributed by atoms with E-state index in [4.69, 9.17) is 12.2 Å². The summed E-state index contributed by atoms with van der Waals surface area (Å²) in [6.07, 6.45) is 0. The topological polar surface area (TPSA) is 53.6 Å². The second-order valence-electron chi connectivity index (χ2n) is 3.10. The van der Waals surface area contributed by atoms with Crippen LogP contribution >= 0.6 is 28.1 Å². The van der Waals surface area contributed by atoms with E-state index in [0.717, 1.165) is 15.7 Å². The van der Waals surface area contributed by atoms with Crippen LogP contribution in [-0.4, -0.2) is 14.8 Å². The fraction of sp³-hybridized carbons (Fsp3) is 0.111. The summed E-state index contributed by atoms with van der Waals surface area (Å²) >= 11 is 8.45. The van der Waals surface area contributed by atoms with Crippen LogP contribution < -0.4 is 5.69 Å². The van der Waals surface area contributed by atoms with Gasteiger partial charge >= 0.3 is 5.69 Å². The van der Waals surface area contributed by atoms with E-state index in [9.17, 15) is 4.79 Å². The lowest BCUT2D eigenvalue weighted by atomic mass is 10.2. The zero-order valence-electron chi connectivity index (χ0n) is 7.87. The molecule has 0 spiro atoms. The van der Waals surface area contributed by atoms with Gasteiger partial charge in [0.25, 0.3) is 0 Å². The Morgan fingerprint density at radius 1 is 1.40 bits per heavy atom. The van der Waals surface area contributed by atoms with Gasteiger partial charge < -0.3 is 0 Å². The number of hydrogen-bond donors (Lipinski definition) is 2. The summed E-state index contributed by atoms with van der Waals surface area (Å²) in [6.45, 7) is 1.96. The molecule has 78 valence electrons. The monoisotopic (exact) mass is 285 g/mol. The maximum Gasteiger partial charge on any atom is 0.347 e. The van der Waals surface area contributed by atoms with Crippen LogP contribution in [0, 0.1) is 11.7 Å². The van der Waals surface area contributed by atoms with Gasteiger partial charge in [-0.25, -0.2) is 14.5 Å². The fourth-order valence-electron chi connectivity index (χ4n) is 1.33. The van der Waals surface area contributed by atoms with Crippen LogP contribution in [0.15, 0.2) is 27.5 Å². The van der Waals surface area contributed by atoms with Crippen LogP contribution in [0.25, 0.3) is 5.69 Å². The van der Waals surface area contributed by atoms with Crippen molar-refractivity contribution in [1.82, 2.24) is 14.8 Å². The number of aromatic amines is 2. The lowest BCUT2D eigenvalue weighted by Gasteiger charge is -2.05. The number of H-pyrrole nitrogens is 2. The highest BCUT2D eigenvalue weighted by Gasteiger charge is 2.08. The number of nitrogens with zero attached hydrogens (tertiary/aromatic N) is 1. The summed E-state index contributed by atoms with van der Waals surface area (Å²) < 4.78 is 2.63. The van der Waals surface area contributed by atoms with Crippen LogP contribution in [0.5, 0.6) is 0 Å². The van der Waals surface area contributed by atoms with E-state index < -0.39 is 0 Å². The Morgan fingerprint density at radius 2 is 2.13 bits per heavy atom. The Morgan fingerprint density at radius 3 is 2.73 bits per heavy atom. The van der Waals surface area contributed by atoms with Crippen molar-refractivity contribution in [2.45, 2.75) is 6.92 Å². The molecular formula is C9H8BrN3OS. The van der Waals surface area contributed by atoms with Gasteiger partial charge in [0.1, 0.15) is 0 Å². The summed E-state index contributed by atoms with van der Waals surface area (Å²) in [7, 11) is 0. The van der Waals surface area contributed by atoms with Crippen LogP contribution in [0.4, 0.5) is 0 Å². The largest absolute Gasteiger partial charge is 0.347 e. The molecular weight excluding hydrogens is 278 g/mol.